The van der Waals surface area contributed by atoms with Crippen molar-refractivity contribution in [3.05, 3.63) is 34.9 Å². The van der Waals surface area contributed by atoms with Gasteiger partial charge >= 0.3 is 6.03 Å². The number of nitrogens with zero attached hydrogens (tertiary/aromatic N) is 2. The molecule has 4 rings (SSSR count). The minimum absolute atomic E-state index is 0. The van der Waals surface area contributed by atoms with Crippen molar-refractivity contribution >= 4 is 41.9 Å². The number of hydrogen-bond acceptors (Lipinski definition) is 4. The quantitative estimate of drug-likeness (QED) is 0.720. The fourth-order valence-electron chi connectivity index (χ4n) is 4.05. The summed E-state index contributed by atoms with van der Waals surface area (Å²) in [7, 11) is 0. The van der Waals surface area contributed by atoms with Crippen LogP contribution < -0.4 is 10.6 Å². The zero-order chi connectivity index (χ0) is 19.2. The van der Waals surface area contributed by atoms with Crippen LogP contribution in [0, 0.1) is 5.92 Å². The Balaban J connectivity index is 0.00000225. The maximum absolute atomic E-state index is 13.0. The fraction of sp³-hybridized carbons (Fsp3) is 0.526. The zero-order valence-electron chi connectivity index (χ0n) is 15.6. The van der Waals surface area contributed by atoms with Crippen LogP contribution in [0.1, 0.15) is 31.4 Å². The number of nitrogens with one attached hydrogen (secondary N) is 2. The number of piperazine rings is 1. The average Bonchev–Trinajstić information content (AvgIpc) is 3.48. The predicted molar refractivity (Wildman–Crippen MR) is 107 cm³/mol. The highest BCUT2D eigenvalue weighted by Crippen LogP contribution is 2.42. The van der Waals surface area contributed by atoms with Crippen LogP contribution in [-0.4, -0.2) is 59.4 Å². The summed E-state index contributed by atoms with van der Waals surface area (Å²) in [5.74, 6) is -0.373. The van der Waals surface area contributed by atoms with E-state index in [2.05, 4.69) is 10.6 Å². The summed E-state index contributed by atoms with van der Waals surface area (Å²) in [4.78, 5) is 40.9. The Morgan fingerprint density at radius 1 is 1.29 bits per heavy atom. The Labute approximate surface area is 175 Å². The van der Waals surface area contributed by atoms with Crippen LogP contribution in [0.15, 0.2) is 24.3 Å². The molecule has 9 heteroatoms. The molecule has 0 aromatic heterocycles. The molecule has 1 aliphatic carbocycles. The molecule has 2 unspecified atom stereocenters. The number of halogens is 2. The van der Waals surface area contributed by atoms with Gasteiger partial charge in [0.05, 0.1) is 6.04 Å². The lowest BCUT2D eigenvalue weighted by Gasteiger charge is -2.37. The van der Waals surface area contributed by atoms with Crippen molar-refractivity contribution in [1.82, 2.24) is 20.4 Å². The number of benzene rings is 1. The minimum Gasteiger partial charge on any atom is -0.331 e. The molecule has 1 aromatic carbocycles. The highest BCUT2D eigenvalue weighted by molar-refractivity contribution is 6.31. The lowest BCUT2D eigenvalue weighted by molar-refractivity contribution is -0.141. The number of carbonyl (C=O) groups excluding carboxylic acids is 3. The average molecular weight is 427 g/mol. The summed E-state index contributed by atoms with van der Waals surface area (Å²) >= 11 is 6.33. The van der Waals surface area contributed by atoms with Crippen LogP contribution in [0.2, 0.25) is 5.02 Å². The summed E-state index contributed by atoms with van der Waals surface area (Å²) in [6.45, 7) is 3.25. The van der Waals surface area contributed by atoms with Gasteiger partial charge in [0.25, 0.3) is 5.91 Å². The van der Waals surface area contributed by atoms with Crippen LogP contribution >= 0.6 is 24.0 Å². The topological polar surface area (TPSA) is 81.8 Å². The highest BCUT2D eigenvalue weighted by atomic mass is 35.5. The lowest BCUT2D eigenvalue weighted by atomic mass is 9.96. The van der Waals surface area contributed by atoms with Gasteiger partial charge in [0.15, 0.2) is 0 Å². The largest absolute Gasteiger partial charge is 0.331 e. The van der Waals surface area contributed by atoms with Crippen LogP contribution in [0.3, 0.4) is 0 Å². The SMILES string of the molecule is CC1(C2CC2)NC(=O)N(CC(=O)N2CCNCC2c2ccccc2Cl)C1=O.Cl. The van der Waals surface area contributed by atoms with Crippen LogP contribution in [0.25, 0.3) is 0 Å². The third-order valence-electron chi connectivity index (χ3n) is 5.82. The molecule has 2 N–H and O–H groups in total. The molecule has 0 radical (unpaired) electrons. The van der Waals surface area contributed by atoms with Crippen molar-refractivity contribution in [3.8, 4) is 0 Å². The molecule has 28 heavy (non-hydrogen) atoms. The molecule has 7 nitrogen and oxygen atoms in total. The number of carbonyl (C=O) groups is 3. The summed E-state index contributed by atoms with van der Waals surface area (Å²) in [5, 5.41) is 6.66. The van der Waals surface area contributed by atoms with Crippen molar-refractivity contribution in [2.24, 2.45) is 5.92 Å². The second kappa shape index (κ2) is 7.89. The van der Waals surface area contributed by atoms with E-state index in [1.54, 1.807) is 17.9 Å². The highest BCUT2D eigenvalue weighted by Gasteiger charge is 2.56. The second-order valence-electron chi connectivity index (χ2n) is 7.63. The predicted octanol–water partition coefficient (Wildman–Crippen LogP) is 1.96. The Kier molecular flexibility index (Phi) is 5.89. The zero-order valence-corrected chi connectivity index (χ0v) is 17.2. The van der Waals surface area contributed by atoms with Gasteiger partial charge in [-0.2, -0.15) is 0 Å². The second-order valence-corrected chi connectivity index (χ2v) is 8.03. The normalized spacial score (nSPS) is 27.4. The standard InChI is InChI=1S/C19H23ClN4O3.ClH/c1-19(12-6-7-12)17(26)24(18(27)22-19)11-16(25)23-9-8-21-10-15(23)13-4-2-3-5-14(13)20;/h2-5,12,15,21H,6-11H2,1H3,(H,22,27);1H. The van der Waals surface area contributed by atoms with Gasteiger partial charge in [-0.15, -0.1) is 12.4 Å². The molecule has 1 saturated carbocycles. The molecular weight excluding hydrogens is 403 g/mol. The van der Waals surface area contributed by atoms with E-state index in [0.29, 0.717) is 24.7 Å². The molecule has 0 spiro atoms. The number of urea groups is 1. The van der Waals surface area contributed by atoms with E-state index >= 15 is 0 Å². The van der Waals surface area contributed by atoms with Crippen molar-refractivity contribution in [3.63, 3.8) is 0 Å². The van der Waals surface area contributed by atoms with Gasteiger partial charge in [0.1, 0.15) is 12.1 Å². The molecular formula is C19H24Cl2N4O3. The van der Waals surface area contributed by atoms with Gasteiger partial charge in [-0.05, 0) is 37.3 Å². The van der Waals surface area contributed by atoms with Gasteiger partial charge in [0, 0.05) is 24.7 Å². The van der Waals surface area contributed by atoms with Crippen molar-refractivity contribution in [2.45, 2.75) is 31.3 Å². The molecule has 152 valence electrons. The lowest BCUT2D eigenvalue weighted by Crippen LogP contribution is -2.52. The molecule has 2 aliphatic heterocycles. The van der Waals surface area contributed by atoms with E-state index in [1.165, 1.54) is 0 Å². The van der Waals surface area contributed by atoms with E-state index < -0.39 is 11.6 Å². The van der Waals surface area contributed by atoms with Gasteiger partial charge in [0.2, 0.25) is 5.91 Å². The van der Waals surface area contributed by atoms with Gasteiger partial charge < -0.3 is 15.5 Å². The van der Waals surface area contributed by atoms with E-state index in [0.717, 1.165) is 23.3 Å². The van der Waals surface area contributed by atoms with Crippen LogP contribution in [-0.2, 0) is 9.59 Å². The molecule has 1 aromatic rings. The maximum atomic E-state index is 13.0. The molecule has 3 aliphatic rings. The van der Waals surface area contributed by atoms with Crippen molar-refractivity contribution in [1.29, 1.82) is 0 Å². The summed E-state index contributed by atoms with van der Waals surface area (Å²) < 4.78 is 0. The van der Waals surface area contributed by atoms with Gasteiger partial charge in [-0.3, -0.25) is 14.5 Å². The van der Waals surface area contributed by atoms with Crippen molar-refractivity contribution < 1.29 is 14.4 Å². The first-order valence-electron chi connectivity index (χ1n) is 9.30. The Morgan fingerprint density at radius 2 is 2.00 bits per heavy atom. The first kappa shape index (κ1) is 20.9. The number of rotatable bonds is 4. The molecule has 3 fully saturated rings. The van der Waals surface area contributed by atoms with Gasteiger partial charge in [-0.25, -0.2) is 4.79 Å². The third kappa shape index (κ3) is 3.58. The maximum Gasteiger partial charge on any atom is 0.325 e. The first-order valence-corrected chi connectivity index (χ1v) is 9.68. The van der Waals surface area contributed by atoms with E-state index in [9.17, 15) is 14.4 Å². The third-order valence-corrected chi connectivity index (χ3v) is 6.16. The van der Waals surface area contributed by atoms with Crippen LogP contribution in [0.5, 0.6) is 0 Å². The van der Waals surface area contributed by atoms with E-state index in [1.807, 2.05) is 18.2 Å². The molecule has 2 heterocycles. The minimum atomic E-state index is -0.872. The smallest absolute Gasteiger partial charge is 0.325 e. The van der Waals surface area contributed by atoms with Gasteiger partial charge in [-0.1, -0.05) is 29.8 Å². The molecule has 4 amide bonds. The summed E-state index contributed by atoms with van der Waals surface area (Å²) in [6, 6.07) is 6.73. The monoisotopic (exact) mass is 426 g/mol. The molecule has 2 atom stereocenters. The Morgan fingerprint density at radius 3 is 2.68 bits per heavy atom. The number of hydrogen-bond donors (Lipinski definition) is 2. The van der Waals surface area contributed by atoms with E-state index in [4.69, 9.17) is 11.6 Å². The van der Waals surface area contributed by atoms with Crippen LogP contribution in [0.4, 0.5) is 4.79 Å². The number of amides is 4. The molecule has 0 bridgehead atoms. The Hall–Kier alpha value is -1.83. The summed E-state index contributed by atoms with van der Waals surface area (Å²) in [5.41, 5.74) is -0.0112. The molecule has 2 saturated heterocycles. The fourth-order valence-corrected chi connectivity index (χ4v) is 4.31. The first-order chi connectivity index (χ1) is 12.9. The number of imide groups is 1. The van der Waals surface area contributed by atoms with E-state index in [-0.39, 0.29) is 42.7 Å². The Bertz CT molecular complexity index is 801. The summed E-state index contributed by atoms with van der Waals surface area (Å²) in [6.07, 6.45) is 1.85. The van der Waals surface area contributed by atoms with Crippen molar-refractivity contribution in [2.75, 3.05) is 26.2 Å².